The van der Waals surface area contributed by atoms with E-state index in [-0.39, 0.29) is 5.56 Å². The molecule has 0 bridgehead atoms. The Bertz CT molecular complexity index is 787. The Balaban J connectivity index is 0.000000383. The van der Waals surface area contributed by atoms with Crippen LogP contribution < -0.4 is 15.0 Å². The van der Waals surface area contributed by atoms with Crippen molar-refractivity contribution in [1.29, 1.82) is 0 Å². The molecule has 0 aliphatic carbocycles. The highest BCUT2D eigenvalue weighted by molar-refractivity contribution is 7.79. The number of nitrogens with zero attached hydrogens (tertiary/aromatic N) is 1. The van der Waals surface area contributed by atoms with Crippen LogP contribution in [-0.4, -0.2) is 36.3 Å². The number of hydrogen-bond donors (Lipinski definition) is 2. The summed E-state index contributed by atoms with van der Waals surface area (Å²) in [7, 11) is 0.217. The first-order chi connectivity index (χ1) is 9.65. The van der Waals surface area contributed by atoms with Crippen molar-refractivity contribution >= 4 is 21.2 Å². The lowest BCUT2D eigenvalue weighted by molar-refractivity contribution is 0.356. The molecule has 0 atom stereocenters. The van der Waals surface area contributed by atoms with Gasteiger partial charge in [-0.3, -0.25) is 13.9 Å². The first kappa shape index (κ1) is 17.0. The molecule has 2 aromatic rings. The van der Waals surface area contributed by atoms with Gasteiger partial charge in [-0.05, 0) is 17.5 Å². The van der Waals surface area contributed by atoms with Crippen molar-refractivity contribution < 1.29 is 27.0 Å². The van der Waals surface area contributed by atoms with E-state index in [2.05, 4.69) is 0 Å². The molecule has 2 N–H and O–H groups in total. The Morgan fingerprint density at radius 2 is 1.43 bits per heavy atom. The normalized spacial score (nSPS) is 10.7. The highest BCUT2D eigenvalue weighted by atomic mass is 32.3. The van der Waals surface area contributed by atoms with Crippen LogP contribution in [-0.2, 0) is 17.4 Å². The van der Waals surface area contributed by atoms with Gasteiger partial charge in [0.15, 0.2) is 11.5 Å². The fraction of sp³-hybridized carbons (Fsp3) is 0.250. The monoisotopic (exact) mass is 317 g/mol. The average Bonchev–Trinajstić information content (AvgIpc) is 2.37. The first-order valence-electron chi connectivity index (χ1n) is 5.58. The van der Waals surface area contributed by atoms with Crippen LogP contribution >= 0.6 is 0 Å². The second-order valence-electron chi connectivity index (χ2n) is 4.01. The molecule has 0 radical (unpaired) electrons. The summed E-state index contributed by atoms with van der Waals surface area (Å²) < 4.78 is 43.5. The molecule has 0 saturated heterocycles. The smallest absolute Gasteiger partial charge is 0.394 e. The molecule has 1 aromatic heterocycles. The molecule has 116 valence electrons. The molecular weight excluding hydrogens is 302 g/mol. The fourth-order valence-corrected chi connectivity index (χ4v) is 1.65. The Labute approximate surface area is 121 Å². The van der Waals surface area contributed by atoms with Crippen LogP contribution in [0.1, 0.15) is 0 Å². The molecule has 0 unspecified atom stereocenters. The third-order valence-electron chi connectivity index (χ3n) is 2.55. The molecule has 21 heavy (non-hydrogen) atoms. The van der Waals surface area contributed by atoms with Gasteiger partial charge >= 0.3 is 10.4 Å². The third kappa shape index (κ3) is 5.06. The molecule has 8 nitrogen and oxygen atoms in total. The van der Waals surface area contributed by atoms with Crippen LogP contribution in [0.5, 0.6) is 11.5 Å². The summed E-state index contributed by atoms with van der Waals surface area (Å²) in [5.41, 5.74) is -0.0419. The van der Waals surface area contributed by atoms with E-state index in [1.807, 2.05) is 6.07 Å². The fourth-order valence-electron chi connectivity index (χ4n) is 1.65. The van der Waals surface area contributed by atoms with Crippen molar-refractivity contribution in [2.45, 2.75) is 0 Å². The maximum atomic E-state index is 11.5. The number of aryl methyl sites for hydroxylation is 1. The van der Waals surface area contributed by atoms with Crippen LogP contribution in [0.25, 0.3) is 10.8 Å². The van der Waals surface area contributed by atoms with Crippen LogP contribution in [0.4, 0.5) is 0 Å². The van der Waals surface area contributed by atoms with E-state index in [0.717, 1.165) is 10.8 Å². The molecule has 0 fully saturated rings. The minimum Gasteiger partial charge on any atom is -0.493 e. The minimum absolute atomic E-state index is 0.0419. The summed E-state index contributed by atoms with van der Waals surface area (Å²) in [6.07, 6.45) is 1.78. The summed E-state index contributed by atoms with van der Waals surface area (Å²) in [6, 6.07) is 5.24. The van der Waals surface area contributed by atoms with Gasteiger partial charge in [-0.2, -0.15) is 8.42 Å². The molecule has 0 spiro atoms. The molecule has 1 heterocycles. The maximum absolute atomic E-state index is 11.5. The molecular formula is C12H15NO7S. The average molecular weight is 317 g/mol. The third-order valence-corrected chi connectivity index (χ3v) is 2.55. The van der Waals surface area contributed by atoms with Crippen molar-refractivity contribution in [2.75, 3.05) is 14.2 Å². The largest absolute Gasteiger partial charge is 0.493 e. The van der Waals surface area contributed by atoms with E-state index in [9.17, 15) is 4.79 Å². The van der Waals surface area contributed by atoms with Gasteiger partial charge in [0.05, 0.1) is 14.2 Å². The second kappa shape index (κ2) is 6.57. The molecule has 0 saturated carbocycles. The molecule has 0 amide bonds. The van der Waals surface area contributed by atoms with E-state index in [0.29, 0.717) is 11.5 Å². The predicted octanol–water partition coefficient (Wildman–Crippen LogP) is 0.903. The molecule has 2 rings (SSSR count). The van der Waals surface area contributed by atoms with E-state index in [1.54, 1.807) is 39.6 Å². The molecule has 9 heteroatoms. The van der Waals surface area contributed by atoms with Crippen molar-refractivity contribution in [2.24, 2.45) is 7.05 Å². The Kier molecular flexibility index (Phi) is 5.30. The van der Waals surface area contributed by atoms with E-state index < -0.39 is 10.4 Å². The van der Waals surface area contributed by atoms with Gasteiger partial charge in [0.25, 0.3) is 5.56 Å². The number of rotatable bonds is 2. The zero-order chi connectivity index (χ0) is 16.2. The van der Waals surface area contributed by atoms with E-state index in [1.165, 1.54) is 4.57 Å². The first-order valence-corrected chi connectivity index (χ1v) is 6.97. The van der Waals surface area contributed by atoms with Gasteiger partial charge in [0.2, 0.25) is 0 Å². The van der Waals surface area contributed by atoms with Crippen LogP contribution in [0.2, 0.25) is 0 Å². The maximum Gasteiger partial charge on any atom is 0.394 e. The molecule has 0 aliphatic rings. The summed E-state index contributed by atoms with van der Waals surface area (Å²) in [5, 5.41) is 1.79. The van der Waals surface area contributed by atoms with Gasteiger partial charge in [0.1, 0.15) is 0 Å². The summed E-state index contributed by atoms with van der Waals surface area (Å²) in [4.78, 5) is 11.5. The number of pyridine rings is 1. The van der Waals surface area contributed by atoms with Crippen molar-refractivity contribution in [3.8, 4) is 11.5 Å². The van der Waals surface area contributed by atoms with Crippen molar-refractivity contribution in [1.82, 2.24) is 4.57 Å². The van der Waals surface area contributed by atoms with Gasteiger partial charge in [-0.15, -0.1) is 0 Å². The number of ether oxygens (including phenoxy) is 2. The van der Waals surface area contributed by atoms with Crippen molar-refractivity contribution in [3.63, 3.8) is 0 Å². The summed E-state index contributed by atoms with van der Waals surface area (Å²) in [6.45, 7) is 0. The lowest BCUT2D eigenvalue weighted by atomic mass is 10.1. The molecule has 0 aliphatic heterocycles. The van der Waals surface area contributed by atoms with Gasteiger partial charge in [-0.25, -0.2) is 0 Å². The van der Waals surface area contributed by atoms with Crippen LogP contribution in [0, 0.1) is 0 Å². The van der Waals surface area contributed by atoms with Crippen LogP contribution in [0.15, 0.2) is 29.2 Å². The number of aromatic nitrogens is 1. The standard InChI is InChI=1S/C12H13NO3.H2O4S/c1-13-7-9-5-11(16-3)10(15-2)4-8(9)6-12(13)14;1-5(2,3)4/h4-7H,1-3H3;(H2,1,2,3,4). The quantitative estimate of drug-likeness (QED) is 0.791. The van der Waals surface area contributed by atoms with Crippen LogP contribution in [0.3, 0.4) is 0 Å². The Morgan fingerprint density at radius 3 is 1.86 bits per heavy atom. The number of fused-ring (bicyclic) bond motifs is 1. The Morgan fingerprint density at radius 1 is 1.00 bits per heavy atom. The van der Waals surface area contributed by atoms with Gasteiger partial charge in [0, 0.05) is 24.7 Å². The second-order valence-corrected chi connectivity index (χ2v) is 4.90. The summed E-state index contributed by atoms with van der Waals surface area (Å²) >= 11 is 0. The van der Waals surface area contributed by atoms with Crippen molar-refractivity contribution in [3.05, 3.63) is 34.7 Å². The number of hydrogen-bond acceptors (Lipinski definition) is 5. The van der Waals surface area contributed by atoms with E-state index >= 15 is 0 Å². The lowest BCUT2D eigenvalue weighted by Gasteiger charge is -2.09. The van der Waals surface area contributed by atoms with Gasteiger partial charge < -0.3 is 14.0 Å². The Hall–Kier alpha value is -2.10. The number of benzene rings is 1. The lowest BCUT2D eigenvalue weighted by Crippen LogP contribution is -2.13. The SMILES string of the molecule is COc1cc2cc(=O)n(C)cc2cc1OC.O=S(=O)(O)O. The highest BCUT2D eigenvalue weighted by Gasteiger charge is 2.06. The van der Waals surface area contributed by atoms with E-state index in [4.69, 9.17) is 27.0 Å². The topological polar surface area (TPSA) is 115 Å². The zero-order valence-electron chi connectivity index (χ0n) is 11.6. The van der Waals surface area contributed by atoms with Gasteiger partial charge in [-0.1, -0.05) is 0 Å². The molecule has 1 aromatic carbocycles. The minimum atomic E-state index is -4.67. The zero-order valence-corrected chi connectivity index (χ0v) is 12.4. The number of methoxy groups -OCH3 is 2. The summed E-state index contributed by atoms with van der Waals surface area (Å²) in [5.74, 6) is 1.29. The highest BCUT2D eigenvalue weighted by Crippen LogP contribution is 2.31. The predicted molar refractivity (Wildman–Crippen MR) is 76.5 cm³/mol.